The van der Waals surface area contributed by atoms with Crippen molar-refractivity contribution < 1.29 is 18.0 Å². The standard InChI is InChI=1S/C22H26ClN3O4S/c1-4-14-24-22(28)21(18-8-6-5-7-9-18)26(15-17-10-12-19(23)13-11-17)20(27)16-25(2)31(3,29)30/h4-13,21H,1,14-16H2,2-3H3,(H,24,28). The van der Waals surface area contributed by atoms with Gasteiger partial charge in [0, 0.05) is 25.2 Å². The normalized spacial score (nSPS) is 12.3. The van der Waals surface area contributed by atoms with Crippen LogP contribution in [0.1, 0.15) is 17.2 Å². The summed E-state index contributed by atoms with van der Waals surface area (Å²) < 4.78 is 24.7. The summed E-state index contributed by atoms with van der Waals surface area (Å²) >= 11 is 5.97. The summed E-state index contributed by atoms with van der Waals surface area (Å²) in [6.07, 6.45) is 2.57. The molecular weight excluding hydrogens is 438 g/mol. The van der Waals surface area contributed by atoms with E-state index in [1.807, 2.05) is 6.07 Å². The van der Waals surface area contributed by atoms with Crippen molar-refractivity contribution in [2.45, 2.75) is 12.6 Å². The van der Waals surface area contributed by atoms with Gasteiger partial charge in [0.15, 0.2) is 0 Å². The van der Waals surface area contributed by atoms with Gasteiger partial charge in [0.1, 0.15) is 6.04 Å². The lowest BCUT2D eigenvalue weighted by atomic mass is 10.0. The Morgan fingerprint density at radius 3 is 2.29 bits per heavy atom. The summed E-state index contributed by atoms with van der Waals surface area (Å²) in [6, 6.07) is 14.8. The highest BCUT2D eigenvalue weighted by Crippen LogP contribution is 2.25. The van der Waals surface area contributed by atoms with E-state index in [4.69, 9.17) is 11.6 Å². The Morgan fingerprint density at radius 1 is 1.13 bits per heavy atom. The summed E-state index contributed by atoms with van der Waals surface area (Å²) in [4.78, 5) is 27.7. The fraction of sp³-hybridized carbons (Fsp3) is 0.273. The second kappa shape index (κ2) is 11.1. The Hall–Kier alpha value is -2.68. The lowest BCUT2D eigenvalue weighted by molar-refractivity contribution is -0.141. The van der Waals surface area contributed by atoms with Crippen molar-refractivity contribution in [3.63, 3.8) is 0 Å². The third-order valence-electron chi connectivity index (χ3n) is 4.61. The van der Waals surface area contributed by atoms with Gasteiger partial charge >= 0.3 is 0 Å². The number of nitrogens with zero attached hydrogens (tertiary/aromatic N) is 2. The van der Waals surface area contributed by atoms with Crippen molar-refractivity contribution in [1.82, 2.24) is 14.5 Å². The molecule has 9 heteroatoms. The minimum absolute atomic E-state index is 0.0919. The average molecular weight is 464 g/mol. The van der Waals surface area contributed by atoms with Gasteiger partial charge in [-0.25, -0.2) is 8.42 Å². The van der Waals surface area contributed by atoms with Crippen LogP contribution in [0.5, 0.6) is 0 Å². The van der Waals surface area contributed by atoms with Crippen LogP contribution in [0.25, 0.3) is 0 Å². The quantitative estimate of drug-likeness (QED) is 0.549. The van der Waals surface area contributed by atoms with Crippen LogP contribution >= 0.6 is 11.6 Å². The third kappa shape index (κ3) is 7.20. The molecule has 0 aromatic heterocycles. The molecule has 2 aromatic carbocycles. The fourth-order valence-electron chi connectivity index (χ4n) is 2.89. The van der Waals surface area contributed by atoms with E-state index in [0.717, 1.165) is 16.1 Å². The lowest BCUT2D eigenvalue weighted by Crippen LogP contribution is -2.47. The molecule has 0 aliphatic carbocycles. The number of sulfonamides is 1. The van der Waals surface area contributed by atoms with Crippen molar-refractivity contribution >= 4 is 33.4 Å². The van der Waals surface area contributed by atoms with Gasteiger partial charge in [-0.05, 0) is 23.3 Å². The maximum absolute atomic E-state index is 13.3. The second-order valence-electron chi connectivity index (χ2n) is 7.01. The summed E-state index contributed by atoms with van der Waals surface area (Å²) in [6.45, 7) is 3.53. The van der Waals surface area contributed by atoms with Crippen LogP contribution in [-0.2, 0) is 26.2 Å². The van der Waals surface area contributed by atoms with E-state index in [9.17, 15) is 18.0 Å². The van der Waals surface area contributed by atoms with Crippen molar-refractivity contribution in [3.05, 3.63) is 83.4 Å². The van der Waals surface area contributed by atoms with E-state index in [2.05, 4.69) is 11.9 Å². The van der Waals surface area contributed by atoms with E-state index >= 15 is 0 Å². The van der Waals surface area contributed by atoms with Gasteiger partial charge in [-0.1, -0.05) is 60.1 Å². The highest BCUT2D eigenvalue weighted by molar-refractivity contribution is 7.88. The predicted octanol–water partition coefficient (Wildman–Crippen LogP) is 2.60. The molecule has 166 valence electrons. The molecule has 2 aromatic rings. The highest BCUT2D eigenvalue weighted by Gasteiger charge is 2.32. The monoisotopic (exact) mass is 463 g/mol. The second-order valence-corrected chi connectivity index (χ2v) is 9.54. The van der Waals surface area contributed by atoms with E-state index in [-0.39, 0.29) is 13.1 Å². The van der Waals surface area contributed by atoms with Gasteiger partial charge in [-0.2, -0.15) is 4.31 Å². The molecule has 0 bridgehead atoms. The van der Waals surface area contributed by atoms with E-state index in [1.165, 1.54) is 11.9 Å². The van der Waals surface area contributed by atoms with Crippen LogP contribution in [0.4, 0.5) is 0 Å². The van der Waals surface area contributed by atoms with Crippen LogP contribution < -0.4 is 5.32 Å². The summed E-state index contributed by atoms with van der Waals surface area (Å²) in [5.41, 5.74) is 1.35. The first-order valence-corrected chi connectivity index (χ1v) is 11.7. The van der Waals surface area contributed by atoms with Crippen molar-refractivity contribution in [2.24, 2.45) is 0 Å². The fourth-order valence-corrected chi connectivity index (χ4v) is 3.36. The van der Waals surface area contributed by atoms with Crippen LogP contribution in [0, 0.1) is 0 Å². The zero-order valence-corrected chi connectivity index (χ0v) is 19.1. The molecule has 2 amide bonds. The van der Waals surface area contributed by atoms with Crippen molar-refractivity contribution in [3.8, 4) is 0 Å². The predicted molar refractivity (Wildman–Crippen MR) is 122 cm³/mol. The number of amides is 2. The Morgan fingerprint density at radius 2 is 1.74 bits per heavy atom. The van der Waals surface area contributed by atoms with Crippen LogP contribution in [-0.4, -0.2) is 55.8 Å². The summed E-state index contributed by atoms with van der Waals surface area (Å²) in [5.74, 6) is -0.902. The molecule has 2 rings (SSSR count). The molecule has 0 aliphatic rings. The molecule has 0 radical (unpaired) electrons. The number of carbonyl (C=O) groups is 2. The largest absolute Gasteiger partial charge is 0.351 e. The van der Waals surface area contributed by atoms with E-state index in [0.29, 0.717) is 10.6 Å². The number of carbonyl (C=O) groups excluding carboxylic acids is 2. The average Bonchev–Trinajstić information content (AvgIpc) is 2.73. The number of halogens is 1. The van der Waals surface area contributed by atoms with Crippen molar-refractivity contribution in [2.75, 3.05) is 26.4 Å². The Labute approximate surface area is 188 Å². The van der Waals surface area contributed by atoms with Crippen LogP contribution in [0.3, 0.4) is 0 Å². The SMILES string of the molecule is C=CCNC(=O)C(c1ccccc1)N(Cc1ccc(Cl)cc1)C(=O)CN(C)S(C)(=O)=O. The first kappa shape index (κ1) is 24.6. The molecule has 0 saturated carbocycles. The number of benzene rings is 2. The third-order valence-corrected chi connectivity index (χ3v) is 6.12. The lowest BCUT2D eigenvalue weighted by Gasteiger charge is -2.32. The molecule has 1 unspecified atom stereocenters. The Bertz CT molecular complexity index is 1010. The van der Waals surface area contributed by atoms with Crippen LogP contribution in [0.2, 0.25) is 5.02 Å². The number of rotatable bonds is 10. The molecule has 0 spiro atoms. The molecule has 7 nitrogen and oxygen atoms in total. The van der Waals surface area contributed by atoms with Gasteiger partial charge in [0.25, 0.3) is 0 Å². The molecule has 0 fully saturated rings. The maximum atomic E-state index is 13.3. The molecule has 1 N–H and O–H groups in total. The van der Waals surface area contributed by atoms with Gasteiger partial charge in [0.05, 0.1) is 12.8 Å². The summed E-state index contributed by atoms with van der Waals surface area (Å²) in [5, 5.41) is 3.28. The van der Waals surface area contributed by atoms with Crippen molar-refractivity contribution in [1.29, 1.82) is 0 Å². The van der Waals surface area contributed by atoms with E-state index in [1.54, 1.807) is 54.6 Å². The molecule has 0 saturated heterocycles. The first-order chi connectivity index (χ1) is 14.6. The first-order valence-electron chi connectivity index (χ1n) is 9.52. The van der Waals surface area contributed by atoms with Crippen LogP contribution in [0.15, 0.2) is 67.3 Å². The molecule has 1 atom stereocenters. The summed E-state index contributed by atoms with van der Waals surface area (Å²) in [7, 11) is -2.26. The Kier molecular flexibility index (Phi) is 8.79. The molecule has 31 heavy (non-hydrogen) atoms. The topological polar surface area (TPSA) is 86.8 Å². The zero-order chi connectivity index (χ0) is 23.0. The minimum atomic E-state index is -3.58. The number of nitrogens with one attached hydrogen (secondary N) is 1. The molecule has 0 heterocycles. The minimum Gasteiger partial charge on any atom is -0.351 e. The zero-order valence-electron chi connectivity index (χ0n) is 17.5. The Balaban J connectivity index is 2.48. The maximum Gasteiger partial charge on any atom is 0.247 e. The smallest absolute Gasteiger partial charge is 0.247 e. The van der Waals surface area contributed by atoms with Gasteiger partial charge in [-0.3, -0.25) is 9.59 Å². The number of hydrogen-bond acceptors (Lipinski definition) is 4. The highest BCUT2D eigenvalue weighted by atomic mass is 35.5. The number of likely N-dealkylation sites (N-methyl/N-ethyl adjacent to an activating group) is 1. The molecule has 0 aliphatic heterocycles. The van der Waals surface area contributed by atoms with E-state index < -0.39 is 34.4 Å². The number of hydrogen-bond donors (Lipinski definition) is 1. The van der Waals surface area contributed by atoms with Gasteiger partial charge < -0.3 is 10.2 Å². The molecular formula is C22H26ClN3O4S. The van der Waals surface area contributed by atoms with Gasteiger partial charge in [-0.15, -0.1) is 6.58 Å². The van der Waals surface area contributed by atoms with Gasteiger partial charge in [0.2, 0.25) is 21.8 Å².